The molecule has 2 aromatic carbocycles. The Hall–Kier alpha value is -2.08. The van der Waals surface area contributed by atoms with E-state index < -0.39 is 0 Å². The number of hydrogen-bond acceptors (Lipinski definition) is 0. The highest BCUT2D eigenvalue weighted by Crippen LogP contribution is 2.55. The zero-order chi connectivity index (χ0) is 16.2. The van der Waals surface area contributed by atoms with Crippen molar-refractivity contribution in [2.45, 2.75) is 45.4 Å². The zero-order valence-electron chi connectivity index (χ0n) is 14.5. The summed E-state index contributed by atoms with van der Waals surface area (Å²) in [6.45, 7) is 9.26. The molecule has 2 aromatic rings. The summed E-state index contributed by atoms with van der Waals surface area (Å²) in [5, 5.41) is 0. The summed E-state index contributed by atoms with van der Waals surface area (Å²) in [5.74, 6) is 0.541. The standard InChI is InChI=1S/C23H24/c1-15-9-5-6-10-17(15)19-14-20-18-11-7-8-12-21(18)23(3,4)22(20)13-16(19)2/h5-13,20H,14H2,1-4H3. The minimum Gasteiger partial charge on any atom is -0.0620 e. The van der Waals surface area contributed by atoms with E-state index in [9.17, 15) is 0 Å². The van der Waals surface area contributed by atoms with Gasteiger partial charge in [-0.05, 0) is 53.7 Å². The van der Waals surface area contributed by atoms with Crippen LogP contribution in [0.4, 0.5) is 0 Å². The van der Waals surface area contributed by atoms with Gasteiger partial charge in [0, 0.05) is 11.3 Å². The minimum atomic E-state index is 0.153. The molecule has 0 saturated heterocycles. The number of allylic oxidation sites excluding steroid dienone is 4. The number of rotatable bonds is 1. The van der Waals surface area contributed by atoms with E-state index in [-0.39, 0.29) is 5.41 Å². The molecule has 1 unspecified atom stereocenters. The first-order valence-electron chi connectivity index (χ1n) is 8.57. The van der Waals surface area contributed by atoms with Gasteiger partial charge in [0.2, 0.25) is 0 Å². The molecule has 0 N–H and O–H groups in total. The molecule has 0 radical (unpaired) electrons. The van der Waals surface area contributed by atoms with Gasteiger partial charge in [-0.25, -0.2) is 0 Å². The maximum atomic E-state index is 2.47. The van der Waals surface area contributed by atoms with E-state index in [1.165, 1.54) is 33.4 Å². The van der Waals surface area contributed by atoms with Crippen LogP contribution in [0.1, 0.15) is 55.4 Å². The molecule has 0 fully saturated rings. The third kappa shape index (κ3) is 2.05. The summed E-state index contributed by atoms with van der Waals surface area (Å²) in [7, 11) is 0. The van der Waals surface area contributed by atoms with Gasteiger partial charge in [0.1, 0.15) is 0 Å². The molecule has 1 atom stereocenters. The maximum absolute atomic E-state index is 2.47. The first kappa shape index (κ1) is 14.5. The fourth-order valence-electron chi connectivity index (χ4n) is 4.55. The molecule has 2 aliphatic rings. The lowest BCUT2D eigenvalue weighted by Gasteiger charge is -2.29. The lowest BCUT2D eigenvalue weighted by molar-refractivity contribution is 0.613. The van der Waals surface area contributed by atoms with Crippen LogP contribution in [0.25, 0.3) is 5.57 Å². The summed E-state index contributed by atoms with van der Waals surface area (Å²) < 4.78 is 0. The number of hydrogen-bond donors (Lipinski definition) is 0. The summed E-state index contributed by atoms with van der Waals surface area (Å²) >= 11 is 0. The predicted molar refractivity (Wildman–Crippen MR) is 98.7 cm³/mol. The fourth-order valence-corrected chi connectivity index (χ4v) is 4.55. The van der Waals surface area contributed by atoms with Gasteiger partial charge in [0.15, 0.2) is 0 Å². The van der Waals surface area contributed by atoms with Gasteiger partial charge in [-0.15, -0.1) is 0 Å². The van der Waals surface area contributed by atoms with Gasteiger partial charge in [-0.2, -0.15) is 0 Å². The third-order valence-electron chi connectivity index (χ3n) is 5.83. The van der Waals surface area contributed by atoms with Crippen LogP contribution >= 0.6 is 0 Å². The molecule has 0 spiro atoms. The summed E-state index contributed by atoms with van der Waals surface area (Å²) in [6, 6.07) is 17.8. The second kappa shape index (κ2) is 4.96. The average Bonchev–Trinajstić information content (AvgIpc) is 2.76. The monoisotopic (exact) mass is 300 g/mol. The number of benzene rings is 2. The first-order chi connectivity index (χ1) is 11.0. The van der Waals surface area contributed by atoms with E-state index >= 15 is 0 Å². The molecular formula is C23H24. The Balaban J connectivity index is 1.89. The van der Waals surface area contributed by atoms with Crippen LogP contribution in [0, 0.1) is 6.92 Å². The molecule has 23 heavy (non-hydrogen) atoms. The Labute approximate surface area is 139 Å². The Kier molecular flexibility index (Phi) is 3.13. The zero-order valence-corrected chi connectivity index (χ0v) is 14.5. The SMILES string of the molecule is CC1=C(c2ccccc2C)CC2C(=C1)C(C)(C)c1ccccc12. The van der Waals surface area contributed by atoms with E-state index in [1.807, 2.05) is 0 Å². The summed E-state index contributed by atoms with van der Waals surface area (Å²) in [5.41, 5.74) is 10.5. The van der Waals surface area contributed by atoms with Gasteiger partial charge in [0.05, 0.1) is 0 Å². The van der Waals surface area contributed by atoms with Crippen molar-refractivity contribution in [3.8, 4) is 0 Å². The summed E-state index contributed by atoms with van der Waals surface area (Å²) in [4.78, 5) is 0. The highest BCUT2D eigenvalue weighted by Gasteiger charge is 2.42. The topological polar surface area (TPSA) is 0 Å². The van der Waals surface area contributed by atoms with Gasteiger partial charge in [0.25, 0.3) is 0 Å². The molecule has 4 rings (SSSR count). The minimum absolute atomic E-state index is 0.153. The van der Waals surface area contributed by atoms with Crippen molar-refractivity contribution in [2.24, 2.45) is 0 Å². The second-order valence-corrected chi connectivity index (χ2v) is 7.55. The molecule has 0 bridgehead atoms. The number of fused-ring (bicyclic) bond motifs is 3. The molecule has 0 heterocycles. The normalized spacial score (nSPS) is 21.7. The van der Waals surface area contributed by atoms with Crippen LogP contribution in [0.5, 0.6) is 0 Å². The highest BCUT2D eigenvalue weighted by molar-refractivity contribution is 5.77. The largest absolute Gasteiger partial charge is 0.0620 e. The molecule has 0 aromatic heterocycles. The molecule has 0 saturated carbocycles. The van der Waals surface area contributed by atoms with Gasteiger partial charge in [-0.3, -0.25) is 0 Å². The van der Waals surface area contributed by atoms with Crippen molar-refractivity contribution in [3.63, 3.8) is 0 Å². The average molecular weight is 300 g/mol. The number of aryl methyl sites for hydroxylation is 1. The molecule has 2 aliphatic carbocycles. The third-order valence-corrected chi connectivity index (χ3v) is 5.83. The molecule has 0 nitrogen and oxygen atoms in total. The van der Waals surface area contributed by atoms with Crippen LogP contribution in [0.2, 0.25) is 0 Å². The summed E-state index contributed by atoms with van der Waals surface area (Å²) in [6.07, 6.45) is 3.60. The van der Waals surface area contributed by atoms with Gasteiger partial charge >= 0.3 is 0 Å². The molecule has 0 heteroatoms. The van der Waals surface area contributed by atoms with Crippen LogP contribution in [-0.4, -0.2) is 0 Å². The van der Waals surface area contributed by atoms with Crippen LogP contribution in [-0.2, 0) is 5.41 Å². The van der Waals surface area contributed by atoms with Crippen molar-refractivity contribution < 1.29 is 0 Å². The Morgan fingerprint density at radius 3 is 2.39 bits per heavy atom. The van der Waals surface area contributed by atoms with E-state index in [4.69, 9.17) is 0 Å². The van der Waals surface area contributed by atoms with E-state index in [2.05, 4.69) is 82.3 Å². The first-order valence-corrected chi connectivity index (χ1v) is 8.57. The lowest BCUT2D eigenvalue weighted by atomic mass is 9.74. The lowest BCUT2D eigenvalue weighted by Crippen LogP contribution is -2.18. The molecular weight excluding hydrogens is 276 g/mol. The van der Waals surface area contributed by atoms with Crippen molar-refractivity contribution in [1.82, 2.24) is 0 Å². The van der Waals surface area contributed by atoms with E-state index in [0.29, 0.717) is 5.92 Å². The maximum Gasteiger partial charge on any atom is 0.0117 e. The smallest absolute Gasteiger partial charge is 0.0117 e. The van der Waals surface area contributed by atoms with Crippen LogP contribution in [0.15, 0.2) is 65.8 Å². The Morgan fingerprint density at radius 1 is 0.913 bits per heavy atom. The van der Waals surface area contributed by atoms with Crippen LogP contribution in [0.3, 0.4) is 0 Å². The Bertz CT molecular complexity index is 846. The fraction of sp³-hybridized carbons (Fsp3) is 0.304. The molecule has 0 aliphatic heterocycles. The van der Waals surface area contributed by atoms with Gasteiger partial charge < -0.3 is 0 Å². The van der Waals surface area contributed by atoms with E-state index in [1.54, 1.807) is 5.57 Å². The van der Waals surface area contributed by atoms with Crippen molar-refractivity contribution >= 4 is 5.57 Å². The molecule has 116 valence electrons. The van der Waals surface area contributed by atoms with Crippen molar-refractivity contribution in [2.75, 3.05) is 0 Å². The predicted octanol–water partition coefficient (Wildman–Crippen LogP) is 6.17. The van der Waals surface area contributed by atoms with Gasteiger partial charge in [-0.1, -0.05) is 74.0 Å². The van der Waals surface area contributed by atoms with Crippen molar-refractivity contribution in [1.29, 1.82) is 0 Å². The second-order valence-electron chi connectivity index (χ2n) is 7.55. The molecule has 0 amide bonds. The van der Waals surface area contributed by atoms with Crippen molar-refractivity contribution in [3.05, 3.63) is 88.0 Å². The van der Waals surface area contributed by atoms with Crippen LogP contribution < -0.4 is 0 Å². The quantitative estimate of drug-likeness (QED) is 0.590. The Morgan fingerprint density at radius 2 is 1.61 bits per heavy atom. The van der Waals surface area contributed by atoms with E-state index in [0.717, 1.165) is 6.42 Å². The highest BCUT2D eigenvalue weighted by atomic mass is 14.5.